The van der Waals surface area contributed by atoms with Crippen LogP contribution < -0.4 is 4.90 Å². The second-order valence-corrected chi connectivity index (χ2v) is 17.1. The Morgan fingerprint density at radius 1 is 0.419 bits per heavy atom. The molecule has 0 N–H and O–H groups in total. The number of hydrogen-bond acceptors (Lipinski definition) is 3. The van der Waals surface area contributed by atoms with Gasteiger partial charge in [0, 0.05) is 59.5 Å². The summed E-state index contributed by atoms with van der Waals surface area (Å²) in [6.07, 6.45) is 0. The Labute approximate surface area is 361 Å². The van der Waals surface area contributed by atoms with Gasteiger partial charge in [-0.05, 0) is 100 Å². The van der Waals surface area contributed by atoms with Gasteiger partial charge in [-0.2, -0.15) is 0 Å². The smallest absolute Gasteiger partial charge is 0.143 e. The van der Waals surface area contributed by atoms with Crippen LogP contribution in [0, 0.1) is 0 Å². The van der Waals surface area contributed by atoms with Gasteiger partial charge < -0.3 is 13.9 Å². The fourth-order valence-corrected chi connectivity index (χ4v) is 11.0. The molecule has 290 valence electrons. The van der Waals surface area contributed by atoms with E-state index in [-0.39, 0.29) is 0 Å². The first-order valence-corrected chi connectivity index (χ1v) is 21.9. The van der Waals surface area contributed by atoms with E-state index in [1.807, 2.05) is 11.3 Å². The van der Waals surface area contributed by atoms with E-state index in [0.29, 0.717) is 0 Å². The Bertz CT molecular complexity index is 3830. The molecule has 3 heterocycles. The largest absolute Gasteiger partial charge is 0.455 e. The molecule has 4 heteroatoms. The van der Waals surface area contributed by atoms with E-state index >= 15 is 0 Å². The van der Waals surface area contributed by atoms with Crippen LogP contribution in [0.4, 0.5) is 17.1 Å². The lowest BCUT2D eigenvalue weighted by Crippen LogP contribution is -2.10. The fourth-order valence-electron chi connectivity index (χ4n) is 9.77. The third-order valence-electron chi connectivity index (χ3n) is 12.6. The minimum absolute atomic E-state index is 0.893. The average molecular weight is 809 g/mol. The van der Waals surface area contributed by atoms with Crippen molar-refractivity contribution in [2.75, 3.05) is 4.90 Å². The van der Waals surface area contributed by atoms with Crippen molar-refractivity contribution in [3.05, 3.63) is 218 Å². The van der Waals surface area contributed by atoms with Crippen LogP contribution in [0.3, 0.4) is 0 Å². The normalized spacial score (nSPS) is 11.9. The summed E-state index contributed by atoms with van der Waals surface area (Å²) in [5, 5.41) is 9.65. The lowest BCUT2D eigenvalue weighted by Gasteiger charge is -2.27. The van der Waals surface area contributed by atoms with Crippen molar-refractivity contribution in [2.24, 2.45) is 0 Å². The Morgan fingerprint density at radius 2 is 1.10 bits per heavy atom. The number of furan rings is 1. The molecule has 0 saturated carbocycles. The molecule has 10 aromatic carbocycles. The number of fused-ring (bicyclic) bond motifs is 11. The Kier molecular flexibility index (Phi) is 7.78. The van der Waals surface area contributed by atoms with E-state index in [1.54, 1.807) is 0 Å². The van der Waals surface area contributed by atoms with Crippen molar-refractivity contribution >= 4 is 103 Å². The third kappa shape index (κ3) is 5.37. The highest BCUT2D eigenvalue weighted by Gasteiger charge is 2.21. The molecule has 3 nitrogen and oxygen atoms in total. The molecular weight excluding hydrogens is 773 g/mol. The Balaban J connectivity index is 0.960. The minimum atomic E-state index is 0.893. The van der Waals surface area contributed by atoms with Crippen molar-refractivity contribution in [2.45, 2.75) is 0 Å². The van der Waals surface area contributed by atoms with E-state index in [0.717, 1.165) is 66.8 Å². The third-order valence-corrected chi connectivity index (χ3v) is 13.8. The first-order chi connectivity index (χ1) is 30.7. The van der Waals surface area contributed by atoms with Gasteiger partial charge in [0.15, 0.2) is 0 Å². The van der Waals surface area contributed by atoms with E-state index in [9.17, 15) is 0 Å². The zero-order valence-corrected chi connectivity index (χ0v) is 34.3. The zero-order chi connectivity index (χ0) is 40.7. The van der Waals surface area contributed by atoms with Gasteiger partial charge in [-0.1, -0.05) is 146 Å². The molecule has 0 bridgehead atoms. The predicted molar refractivity (Wildman–Crippen MR) is 264 cm³/mol. The first-order valence-electron chi connectivity index (χ1n) is 21.1. The summed E-state index contributed by atoms with van der Waals surface area (Å²) in [4.78, 5) is 2.43. The second-order valence-electron chi connectivity index (χ2n) is 16.0. The van der Waals surface area contributed by atoms with Gasteiger partial charge in [0.05, 0.1) is 21.4 Å². The average Bonchev–Trinajstić information content (AvgIpc) is 4.03. The highest BCUT2D eigenvalue weighted by Crippen LogP contribution is 2.47. The van der Waals surface area contributed by atoms with Crippen LogP contribution in [0.15, 0.2) is 223 Å². The van der Waals surface area contributed by atoms with Crippen LogP contribution in [0.5, 0.6) is 0 Å². The molecule has 13 rings (SSSR count). The van der Waals surface area contributed by atoms with Crippen molar-refractivity contribution < 1.29 is 4.42 Å². The molecule has 62 heavy (non-hydrogen) atoms. The van der Waals surface area contributed by atoms with Crippen LogP contribution in [0.25, 0.3) is 103 Å². The summed E-state index contributed by atoms with van der Waals surface area (Å²) in [6.45, 7) is 0. The SMILES string of the molecule is c1cc(-c2cccc3oc4c5ccccc5ccc4c23)cc(N(c2ccc(-c3cccc(-n4c5ccccc5c5ccccc54)c3)cc2)c2cccc3c2sc2ccccc23)c1. The van der Waals surface area contributed by atoms with Gasteiger partial charge in [-0.15, -0.1) is 11.3 Å². The maximum atomic E-state index is 6.62. The van der Waals surface area contributed by atoms with E-state index < -0.39 is 0 Å². The molecule has 0 saturated heterocycles. The maximum Gasteiger partial charge on any atom is 0.143 e. The molecule has 0 aliphatic rings. The van der Waals surface area contributed by atoms with E-state index in [2.05, 4.69) is 228 Å². The summed E-state index contributed by atoms with van der Waals surface area (Å²) in [5.41, 5.74) is 13.3. The molecule has 0 unspecified atom stereocenters. The predicted octanol–water partition coefficient (Wildman–Crippen LogP) is 17.0. The van der Waals surface area contributed by atoms with Crippen molar-refractivity contribution in [3.63, 3.8) is 0 Å². The highest BCUT2D eigenvalue weighted by molar-refractivity contribution is 7.26. The van der Waals surface area contributed by atoms with E-state index in [1.165, 1.54) is 52.9 Å². The first kappa shape index (κ1) is 34.9. The van der Waals surface area contributed by atoms with Gasteiger partial charge in [0.25, 0.3) is 0 Å². The number of aromatic nitrogens is 1. The summed E-state index contributed by atoms with van der Waals surface area (Å²) in [6, 6.07) is 79.2. The van der Waals surface area contributed by atoms with Crippen LogP contribution >= 0.6 is 11.3 Å². The Morgan fingerprint density at radius 3 is 1.94 bits per heavy atom. The molecular formula is C58H36N2OS. The monoisotopic (exact) mass is 808 g/mol. The molecule has 13 aromatic rings. The molecule has 0 aliphatic heterocycles. The number of thiophene rings is 1. The van der Waals surface area contributed by atoms with Crippen molar-refractivity contribution in [1.29, 1.82) is 0 Å². The number of para-hydroxylation sites is 2. The molecule has 3 aromatic heterocycles. The molecule has 0 radical (unpaired) electrons. The second kappa shape index (κ2) is 13.8. The summed E-state index contributed by atoms with van der Waals surface area (Å²) < 4.78 is 11.6. The van der Waals surface area contributed by atoms with Gasteiger partial charge in [0.2, 0.25) is 0 Å². The number of nitrogens with zero attached hydrogens (tertiary/aromatic N) is 2. The zero-order valence-electron chi connectivity index (χ0n) is 33.5. The summed E-state index contributed by atoms with van der Waals surface area (Å²) in [5.74, 6) is 0. The van der Waals surface area contributed by atoms with Gasteiger partial charge >= 0.3 is 0 Å². The summed E-state index contributed by atoms with van der Waals surface area (Å²) in [7, 11) is 0. The van der Waals surface area contributed by atoms with Gasteiger partial charge in [-0.25, -0.2) is 0 Å². The highest BCUT2D eigenvalue weighted by atomic mass is 32.1. The Hall–Kier alpha value is -7.92. The molecule has 0 fully saturated rings. The number of rotatable bonds is 6. The number of benzene rings is 10. The van der Waals surface area contributed by atoms with Crippen LogP contribution in [0.1, 0.15) is 0 Å². The summed E-state index contributed by atoms with van der Waals surface area (Å²) >= 11 is 1.86. The van der Waals surface area contributed by atoms with Crippen molar-refractivity contribution in [1.82, 2.24) is 4.57 Å². The topological polar surface area (TPSA) is 21.3 Å². The lowest BCUT2D eigenvalue weighted by molar-refractivity contribution is 0.673. The van der Waals surface area contributed by atoms with Crippen molar-refractivity contribution in [3.8, 4) is 27.9 Å². The van der Waals surface area contributed by atoms with Crippen LogP contribution in [0.2, 0.25) is 0 Å². The quantitative estimate of drug-likeness (QED) is 0.167. The van der Waals surface area contributed by atoms with E-state index in [4.69, 9.17) is 4.42 Å². The molecule has 0 amide bonds. The number of hydrogen-bond donors (Lipinski definition) is 0. The minimum Gasteiger partial charge on any atom is -0.455 e. The number of anilines is 3. The molecule has 0 aliphatic carbocycles. The molecule has 0 atom stereocenters. The fraction of sp³-hybridized carbons (Fsp3) is 0. The maximum absolute atomic E-state index is 6.62. The molecule has 0 spiro atoms. The lowest BCUT2D eigenvalue weighted by atomic mass is 9.97. The van der Waals surface area contributed by atoms with Gasteiger partial charge in [-0.3, -0.25) is 0 Å². The van der Waals surface area contributed by atoms with Gasteiger partial charge in [0.1, 0.15) is 11.2 Å². The standard InChI is InChI=1S/C58H36N2OS/c1-2-18-45-38(13-1)31-34-50-56-44(22-12-27-54(56)61-57(45)50)40-15-10-16-42(36-40)59(53-26-11-23-49-48-21-5-8-28-55(48)62-58(49)53)41-32-29-37(30-33-41)39-14-9-17-43(35-39)60-51-24-6-3-19-46(51)47-20-4-7-25-52(47)60/h1-36H. The van der Waals surface area contributed by atoms with Crippen LogP contribution in [-0.2, 0) is 0 Å². The van der Waals surface area contributed by atoms with Crippen LogP contribution in [-0.4, -0.2) is 4.57 Å².